The Bertz CT molecular complexity index is 894. The SMILES string of the molecule is COC(=O)N1C(C)Nc2[nH]ccc(=O)c2C1c1cccc([N+](=O)[O-])c1. The Morgan fingerprint density at radius 3 is 2.80 bits per heavy atom. The molecular weight excluding hydrogens is 328 g/mol. The van der Waals surface area contributed by atoms with Crippen LogP contribution in [0.1, 0.15) is 24.1 Å². The molecule has 2 aromatic rings. The Kier molecular flexibility index (Phi) is 4.14. The van der Waals surface area contributed by atoms with E-state index in [1.165, 1.54) is 42.5 Å². The highest BCUT2D eigenvalue weighted by molar-refractivity contribution is 5.72. The number of ether oxygens (including phenoxy) is 1. The van der Waals surface area contributed by atoms with E-state index in [0.717, 1.165) is 0 Å². The van der Waals surface area contributed by atoms with Crippen LogP contribution in [0.25, 0.3) is 0 Å². The molecule has 0 saturated heterocycles. The summed E-state index contributed by atoms with van der Waals surface area (Å²) in [6.45, 7) is 1.73. The van der Waals surface area contributed by atoms with E-state index in [1.54, 1.807) is 13.0 Å². The number of non-ortho nitro benzene ring substituents is 1. The van der Waals surface area contributed by atoms with Crippen LogP contribution in [-0.4, -0.2) is 34.2 Å². The number of hydrogen-bond donors (Lipinski definition) is 2. The quantitative estimate of drug-likeness (QED) is 0.637. The molecule has 3 rings (SSSR count). The maximum atomic E-state index is 12.5. The number of anilines is 1. The molecule has 2 N–H and O–H groups in total. The predicted molar refractivity (Wildman–Crippen MR) is 89.3 cm³/mol. The maximum absolute atomic E-state index is 12.5. The van der Waals surface area contributed by atoms with Crippen molar-refractivity contribution < 1.29 is 14.5 Å². The summed E-state index contributed by atoms with van der Waals surface area (Å²) in [5.41, 5.74) is 0.332. The van der Waals surface area contributed by atoms with Crippen LogP contribution >= 0.6 is 0 Å². The van der Waals surface area contributed by atoms with Crippen LogP contribution < -0.4 is 10.7 Å². The molecule has 9 nitrogen and oxygen atoms in total. The molecule has 1 amide bonds. The average molecular weight is 344 g/mol. The van der Waals surface area contributed by atoms with E-state index in [-0.39, 0.29) is 11.1 Å². The van der Waals surface area contributed by atoms with E-state index in [9.17, 15) is 19.7 Å². The number of carbonyl (C=O) groups is 1. The monoisotopic (exact) mass is 344 g/mol. The fraction of sp³-hybridized carbons (Fsp3) is 0.250. The summed E-state index contributed by atoms with van der Waals surface area (Å²) >= 11 is 0. The number of fused-ring (bicyclic) bond motifs is 1. The van der Waals surface area contributed by atoms with Crippen molar-refractivity contribution in [2.45, 2.75) is 19.1 Å². The summed E-state index contributed by atoms with van der Waals surface area (Å²) in [5, 5.41) is 14.1. The number of pyridine rings is 1. The van der Waals surface area contributed by atoms with Gasteiger partial charge in [-0.1, -0.05) is 12.1 Å². The van der Waals surface area contributed by atoms with Crippen molar-refractivity contribution in [2.75, 3.05) is 12.4 Å². The summed E-state index contributed by atoms with van der Waals surface area (Å²) in [4.78, 5) is 39.7. The standard InChI is InChI=1S/C16H16N4O5/c1-9-18-15-13(12(21)6-7-17-15)14(19(9)16(22)25-2)10-4-3-5-11(8-10)20(23)24/h3-9,14H,1-2H3,(H2,17,18,21). The topological polar surface area (TPSA) is 118 Å². The van der Waals surface area contributed by atoms with Gasteiger partial charge in [0.25, 0.3) is 5.69 Å². The number of nitro groups is 1. The number of methoxy groups -OCH3 is 1. The normalized spacial score (nSPS) is 18.9. The highest BCUT2D eigenvalue weighted by atomic mass is 16.6. The van der Waals surface area contributed by atoms with Gasteiger partial charge in [-0.3, -0.25) is 19.8 Å². The number of nitro benzene ring substituents is 1. The lowest BCUT2D eigenvalue weighted by atomic mass is 9.94. The molecule has 2 atom stereocenters. The van der Waals surface area contributed by atoms with Gasteiger partial charge in [-0.2, -0.15) is 0 Å². The molecule has 130 valence electrons. The highest BCUT2D eigenvalue weighted by Crippen LogP contribution is 2.37. The van der Waals surface area contributed by atoms with Crippen LogP contribution in [0.5, 0.6) is 0 Å². The number of nitrogens with one attached hydrogen (secondary N) is 2. The van der Waals surface area contributed by atoms with Gasteiger partial charge in [0, 0.05) is 24.4 Å². The zero-order valence-corrected chi connectivity index (χ0v) is 13.6. The predicted octanol–water partition coefficient (Wildman–Crippen LogP) is 2.21. The number of amides is 1. The number of hydrogen-bond acceptors (Lipinski definition) is 6. The fourth-order valence-electron chi connectivity index (χ4n) is 3.03. The Labute approximate surface area is 142 Å². The third kappa shape index (κ3) is 2.80. The lowest BCUT2D eigenvalue weighted by molar-refractivity contribution is -0.384. The van der Waals surface area contributed by atoms with Gasteiger partial charge in [0.05, 0.1) is 23.6 Å². The molecule has 25 heavy (non-hydrogen) atoms. The zero-order valence-electron chi connectivity index (χ0n) is 13.6. The van der Waals surface area contributed by atoms with Crippen molar-refractivity contribution in [2.24, 2.45) is 0 Å². The molecule has 0 spiro atoms. The van der Waals surface area contributed by atoms with Crippen LogP contribution in [0.3, 0.4) is 0 Å². The van der Waals surface area contributed by atoms with Gasteiger partial charge in [0.1, 0.15) is 12.0 Å². The highest BCUT2D eigenvalue weighted by Gasteiger charge is 2.39. The molecular formula is C16H16N4O5. The average Bonchev–Trinajstić information content (AvgIpc) is 2.60. The van der Waals surface area contributed by atoms with Gasteiger partial charge >= 0.3 is 6.09 Å². The van der Waals surface area contributed by atoms with Crippen LogP contribution in [0.2, 0.25) is 0 Å². The van der Waals surface area contributed by atoms with E-state index in [1.807, 2.05) is 0 Å². The molecule has 0 saturated carbocycles. The van der Waals surface area contributed by atoms with Crippen LogP contribution in [0, 0.1) is 10.1 Å². The minimum atomic E-state index is -0.816. The first-order chi connectivity index (χ1) is 11.9. The van der Waals surface area contributed by atoms with Crippen LogP contribution in [0.15, 0.2) is 41.3 Å². The Balaban J connectivity index is 2.25. The fourth-order valence-corrected chi connectivity index (χ4v) is 3.03. The van der Waals surface area contributed by atoms with Crippen LogP contribution in [0.4, 0.5) is 16.3 Å². The van der Waals surface area contributed by atoms with Crippen molar-refractivity contribution in [3.63, 3.8) is 0 Å². The number of nitrogens with zero attached hydrogens (tertiary/aromatic N) is 2. The third-order valence-electron chi connectivity index (χ3n) is 4.10. The molecule has 1 aliphatic rings. The number of rotatable bonds is 2. The summed E-state index contributed by atoms with van der Waals surface area (Å²) in [6.07, 6.45) is 0.354. The largest absolute Gasteiger partial charge is 0.453 e. The smallest absolute Gasteiger partial charge is 0.411 e. The minimum absolute atomic E-state index is 0.123. The molecule has 2 heterocycles. The number of carbonyl (C=O) groups excluding carboxylic acids is 1. The van der Waals surface area contributed by atoms with Gasteiger partial charge in [-0.15, -0.1) is 0 Å². The summed E-state index contributed by atoms with van der Waals surface area (Å²) in [5.74, 6) is 0.469. The van der Waals surface area contributed by atoms with Crippen molar-refractivity contribution >= 4 is 17.6 Å². The first-order valence-corrected chi connectivity index (χ1v) is 7.52. The first-order valence-electron chi connectivity index (χ1n) is 7.52. The van der Waals surface area contributed by atoms with Gasteiger partial charge in [-0.05, 0) is 12.5 Å². The molecule has 1 aliphatic heterocycles. The van der Waals surface area contributed by atoms with Gasteiger partial charge in [0.15, 0.2) is 5.43 Å². The number of aromatic nitrogens is 1. The van der Waals surface area contributed by atoms with E-state index in [2.05, 4.69) is 10.3 Å². The molecule has 1 aromatic heterocycles. The van der Waals surface area contributed by atoms with E-state index in [4.69, 9.17) is 4.74 Å². The molecule has 0 aliphatic carbocycles. The Morgan fingerprint density at radius 1 is 1.36 bits per heavy atom. The van der Waals surface area contributed by atoms with E-state index >= 15 is 0 Å². The summed E-state index contributed by atoms with van der Waals surface area (Å²) in [7, 11) is 1.24. The van der Waals surface area contributed by atoms with Gasteiger partial charge < -0.3 is 15.0 Å². The second-order valence-electron chi connectivity index (χ2n) is 5.58. The molecule has 0 radical (unpaired) electrons. The van der Waals surface area contributed by atoms with E-state index in [0.29, 0.717) is 16.9 Å². The summed E-state index contributed by atoms with van der Waals surface area (Å²) < 4.78 is 4.85. The van der Waals surface area contributed by atoms with E-state index < -0.39 is 23.2 Å². The second kappa shape index (κ2) is 6.27. The van der Waals surface area contributed by atoms with Crippen molar-refractivity contribution in [1.29, 1.82) is 0 Å². The zero-order chi connectivity index (χ0) is 18.1. The number of aromatic amines is 1. The Hall–Kier alpha value is -3.36. The third-order valence-corrected chi connectivity index (χ3v) is 4.10. The van der Waals surface area contributed by atoms with Gasteiger partial charge in [0.2, 0.25) is 0 Å². The van der Waals surface area contributed by atoms with Crippen molar-refractivity contribution in [3.8, 4) is 0 Å². The lowest BCUT2D eigenvalue weighted by Gasteiger charge is -2.40. The maximum Gasteiger partial charge on any atom is 0.411 e. The second-order valence-corrected chi connectivity index (χ2v) is 5.58. The minimum Gasteiger partial charge on any atom is -0.453 e. The molecule has 9 heteroatoms. The number of benzene rings is 1. The lowest BCUT2D eigenvalue weighted by Crippen LogP contribution is -2.50. The summed E-state index contributed by atoms with van der Waals surface area (Å²) in [6, 6.07) is 6.40. The molecule has 2 unspecified atom stereocenters. The first kappa shape index (κ1) is 16.5. The Morgan fingerprint density at radius 2 is 2.12 bits per heavy atom. The molecule has 0 fully saturated rings. The van der Waals surface area contributed by atoms with Crippen molar-refractivity contribution in [1.82, 2.24) is 9.88 Å². The number of H-pyrrole nitrogens is 1. The molecule has 0 bridgehead atoms. The van der Waals surface area contributed by atoms with Crippen molar-refractivity contribution in [3.05, 3.63) is 68.0 Å². The van der Waals surface area contributed by atoms with Gasteiger partial charge in [-0.25, -0.2) is 4.79 Å². The van der Waals surface area contributed by atoms with Crippen LogP contribution in [-0.2, 0) is 4.74 Å². The molecule has 1 aromatic carbocycles.